The first-order valence-corrected chi connectivity index (χ1v) is 8.24. The van der Waals surface area contributed by atoms with E-state index < -0.39 is 20.6 Å². The van der Waals surface area contributed by atoms with Crippen molar-refractivity contribution in [3.05, 3.63) is 33.4 Å². The Morgan fingerprint density at radius 3 is 2.33 bits per heavy atom. The van der Waals surface area contributed by atoms with Crippen LogP contribution in [0.5, 0.6) is 0 Å². The van der Waals surface area contributed by atoms with Crippen molar-refractivity contribution in [1.29, 1.82) is 0 Å². The van der Waals surface area contributed by atoms with E-state index in [1.165, 1.54) is 12.1 Å². The van der Waals surface area contributed by atoms with E-state index in [9.17, 15) is 18.5 Å². The molecule has 0 aliphatic heterocycles. The number of nitro groups is 1. The number of nitrogens with zero attached hydrogens (tertiary/aromatic N) is 1. The van der Waals surface area contributed by atoms with Gasteiger partial charge in [-0.2, -0.15) is 0 Å². The fraction of sp³-hybridized carbons (Fsp3) is 0.538. The monoisotopic (exact) mass is 315 g/mol. The number of hydrogen-bond acceptors (Lipinski definition) is 5. The van der Waals surface area contributed by atoms with Crippen LogP contribution in [-0.2, 0) is 10.0 Å². The lowest BCUT2D eigenvalue weighted by atomic mass is 10.1. The Hall–Kier alpha value is -1.51. The third-order valence-corrected chi connectivity index (χ3v) is 4.57. The topological polar surface area (TPSA) is 101 Å². The molecule has 0 atom stereocenters. The quantitative estimate of drug-likeness (QED) is 0.430. The van der Waals surface area contributed by atoms with Gasteiger partial charge in [0.25, 0.3) is 5.69 Å². The van der Waals surface area contributed by atoms with Crippen molar-refractivity contribution in [2.24, 2.45) is 0 Å². The molecule has 2 N–H and O–H groups in total. The molecule has 118 valence electrons. The molecule has 1 aromatic carbocycles. The predicted octanol–water partition coefficient (Wildman–Crippen LogP) is 1.49. The molecule has 1 rings (SSSR count). The highest BCUT2D eigenvalue weighted by atomic mass is 32.2. The summed E-state index contributed by atoms with van der Waals surface area (Å²) in [7, 11) is -3.89. The first-order valence-electron chi connectivity index (χ1n) is 6.75. The third-order valence-electron chi connectivity index (χ3n) is 3.08. The van der Waals surface area contributed by atoms with Gasteiger partial charge in [0.2, 0.25) is 10.0 Å². The average molecular weight is 315 g/mol. The number of hydrogen-bond donors (Lipinski definition) is 2. The summed E-state index contributed by atoms with van der Waals surface area (Å²) in [5, 5.41) is 14.1. The van der Waals surface area contributed by atoms with Gasteiger partial charge in [-0.3, -0.25) is 10.1 Å². The Kier molecular flexibility index (Phi) is 6.25. The minimum Gasteiger partial charge on any atom is -0.315 e. The van der Waals surface area contributed by atoms with Gasteiger partial charge in [0.1, 0.15) is 0 Å². The molecule has 0 amide bonds. The zero-order valence-electron chi connectivity index (χ0n) is 12.5. The fourth-order valence-electron chi connectivity index (χ4n) is 1.79. The van der Waals surface area contributed by atoms with Crippen molar-refractivity contribution in [2.75, 3.05) is 19.6 Å². The van der Waals surface area contributed by atoms with Gasteiger partial charge in [0, 0.05) is 19.2 Å². The maximum Gasteiger partial charge on any atom is 0.289 e. The summed E-state index contributed by atoms with van der Waals surface area (Å²) in [6, 6.07) is 2.63. The molecule has 0 radical (unpaired) electrons. The second-order valence-corrected chi connectivity index (χ2v) is 6.54. The van der Waals surface area contributed by atoms with Crippen LogP contribution in [0.2, 0.25) is 0 Å². The van der Waals surface area contributed by atoms with Crippen LogP contribution in [0.1, 0.15) is 24.5 Å². The maximum atomic E-state index is 12.2. The van der Waals surface area contributed by atoms with E-state index >= 15 is 0 Å². The van der Waals surface area contributed by atoms with E-state index in [2.05, 4.69) is 10.0 Å². The van der Waals surface area contributed by atoms with Gasteiger partial charge in [0.05, 0.1) is 4.92 Å². The van der Waals surface area contributed by atoms with Crippen molar-refractivity contribution >= 4 is 15.7 Å². The van der Waals surface area contributed by atoms with Crippen LogP contribution >= 0.6 is 0 Å². The second-order valence-electron chi connectivity index (χ2n) is 4.81. The van der Waals surface area contributed by atoms with Crippen LogP contribution in [0.4, 0.5) is 5.69 Å². The molecule has 1 aromatic rings. The SMILES string of the molecule is CCCNCCNS(=O)(=O)c1cc(C)c(C)cc1[N+](=O)[O-]. The lowest BCUT2D eigenvalue weighted by Crippen LogP contribution is -2.32. The smallest absolute Gasteiger partial charge is 0.289 e. The van der Waals surface area contributed by atoms with Crippen molar-refractivity contribution in [3.8, 4) is 0 Å². The van der Waals surface area contributed by atoms with Gasteiger partial charge in [-0.15, -0.1) is 0 Å². The molecule has 21 heavy (non-hydrogen) atoms. The van der Waals surface area contributed by atoms with Crippen LogP contribution < -0.4 is 10.0 Å². The fourth-order valence-corrected chi connectivity index (χ4v) is 3.05. The van der Waals surface area contributed by atoms with Crippen LogP contribution in [-0.4, -0.2) is 33.0 Å². The van der Waals surface area contributed by atoms with Crippen LogP contribution in [0.15, 0.2) is 17.0 Å². The predicted molar refractivity (Wildman–Crippen MR) is 80.9 cm³/mol. The molecule has 0 spiro atoms. The lowest BCUT2D eigenvalue weighted by Gasteiger charge is -2.10. The Morgan fingerprint density at radius 2 is 1.76 bits per heavy atom. The van der Waals surface area contributed by atoms with Gasteiger partial charge in [-0.25, -0.2) is 13.1 Å². The molecular weight excluding hydrogens is 294 g/mol. The Bertz CT molecular complexity index is 614. The van der Waals surface area contributed by atoms with Gasteiger partial charge < -0.3 is 5.32 Å². The lowest BCUT2D eigenvalue weighted by molar-refractivity contribution is -0.387. The Labute approximate surface area is 124 Å². The van der Waals surface area contributed by atoms with Crippen molar-refractivity contribution in [3.63, 3.8) is 0 Å². The number of sulfonamides is 1. The molecule has 0 saturated heterocycles. The Balaban J connectivity index is 2.97. The highest BCUT2D eigenvalue weighted by Gasteiger charge is 2.26. The van der Waals surface area contributed by atoms with E-state index in [0.29, 0.717) is 17.7 Å². The molecule has 0 aliphatic rings. The molecule has 8 heteroatoms. The molecule has 0 bridgehead atoms. The summed E-state index contributed by atoms with van der Waals surface area (Å²) >= 11 is 0. The molecule has 0 aromatic heterocycles. The van der Waals surface area contributed by atoms with E-state index in [0.717, 1.165) is 13.0 Å². The molecule has 7 nitrogen and oxygen atoms in total. The van der Waals surface area contributed by atoms with E-state index in [-0.39, 0.29) is 11.4 Å². The van der Waals surface area contributed by atoms with Gasteiger partial charge >= 0.3 is 0 Å². The maximum absolute atomic E-state index is 12.2. The second kappa shape index (κ2) is 7.48. The highest BCUT2D eigenvalue weighted by molar-refractivity contribution is 7.89. The summed E-state index contributed by atoms with van der Waals surface area (Å²) < 4.78 is 26.8. The summed E-state index contributed by atoms with van der Waals surface area (Å²) in [4.78, 5) is 10.1. The number of nitro benzene ring substituents is 1. The minimum absolute atomic E-state index is 0.187. The molecule has 0 saturated carbocycles. The minimum atomic E-state index is -3.89. The summed E-state index contributed by atoms with van der Waals surface area (Å²) in [5.74, 6) is 0. The largest absolute Gasteiger partial charge is 0.315 e. The van der Waals surface area contributed by atoms with E-state index in [4.69, 9.17) is 0 Å². The van der Waals surface area contributed by atoms with E-state index in [1.54, 1.807) is 13.8 Å². The van der Waals surface area contributed by atoms with Crippen LogP contribution in [0, 0.1) is 24.0 Å². The highest BCUT2D eigenvalue weighted by Crippen LogP contribution is 2.26. The first-order chi connectivity index (χ1) is 9.79. The molecule has 0 aliphatic carbocycles. The summed E-state index contributed by atoms with van der Waals surface area (Å²) in [6.45, 7) is 6.90. The first kappa shape index (κ1) is 17.5. The Morgan fingerprint density at radius 1 is 1.14 bits per heavy atom. The van der Waals surface area contributed by atoms with Crippen molar-refractivity contribution in [1.82, 2.24) is 10.0 Å². The number of benzene rings is 1. The van der Waals surface area contributed by atoms with Gasteiger partial charge in [-0.1, -0.05) is 6.92 Å². The van der Waals surface area contributed by atoms with Crippen molar-refractivity contribution < 1.29 is 13.3 Å². The zero-order chi connectivity index (χ0) is 16.0. The van der Waals surface area contributed by atoms with Crippen LogP contribution in [0.25, 0.3) is 0 Å². The molecule has 0 unspecified atom stereocenters. The number of aryl methyl sites for hydroxylation is 2. The summed E-state index contributed by atoms with van der Waals surface area (Å²) in [6.07, 6.45) is 0.954. The van der Waals surface area contributed by atoms with Crippen LogP contribution in [0.3, 0.4) is 0 Å². The van der Waals surface area contributed by atoms with Gasteiger partial charge in [-0.05, 0) is 44.0 Å². The molecular formula is C13H21N3O4S. The third kappa shape index (κ3) is 4.76. The standard InChI is InChI=1S/C13H21N3O4S/c1-4-5-14-6-7-15-21(19,20)13-9-11(3)10(2)8-12(13)16(17)18/h8-9,14-15H,4-7H2,1-3H3. The number of nitrogens with one attached hydrogen (secondary N) is 2. The summed E-state index contributed by atoms with van der Waals surface area (Å²) in [5.41, 5.74) is 0.988. The molecule has 0 fully saturated rings. The molecule has 0 heterocycles. The average Bonchev–Trinajstić information content (AvgIpc) is 2.40. The number of rotatable bonds is 8. The van der Waals surface area contributed by atoms with Crippen molar-refractivity contribution in [2.45, 2.75) is 32.1 Å². The normalized spacial score (nSPS) is 11.6. The van der Waals surface area contributed by atoms with Gasteiger partial charge in [0.15, 0.2) is 4.90 Å². The van der Waals surface area contributed by atoms with E-state index in [1.807, 2.05) is 6.92 Å². The zero-order valence-corrected chi connectivity index (χ0v) is 13.3.